The molecule has 0 saturated carbocycles. The minimum Gasteiger partial charge on any atom is -0.355 e. The number of anilines is 2. The van der Waals surface area contributed by atoms with Gasteiger partial charge in [0.1, 0.15) is 5.82 Å². The normalized spacial score (nSPS) is 10.4. The van der Waals surface area contributed by atoms with Crippen molar-refractivity contribution in [2.75, 3.05) is 23.8 Å². The molecule has 4 nitrogen and oxygen atoms in total. The number of benzene rings is 1. The van der Waals surface area contributed by atoms with Crippen LogP contribution in [0.25, 0.3) is 0 Å². The van der Waals surface area contributed by atoms with Crippen molar-refractivity contribution in [2.45, 2.75) is 20.4 Å². The van der Waals surface area contributed by atoms with Crippen LogP contribution in [0.1, 0.15) is 18.1 Å². The van der Waals surface area contributed by atoms with Crippen LogP contribution in [0.2, 0.25) is 0 Å². The van der Waals surface area contributed by atoms with Gasteiger partial charge >= 0.3 is 0 Å². The maximum Gasteiger partial charge on any atom is 0.224 e. The van der Waals surface area contributed by atoms with Crippen molar-refractivity contribution in [1.29, 1.82) is 0 Å². The van der Waals surface area contributed by atoms with Gasteiger partial charge in [-0.3, -0.25) is 0 Å². The SMILES string of the molecule is CCNc1ncc(C)c(N(C)Cc2cccc(Br)c2)n1. The van der Waals surface area contributed by atoms with Crippen LogP contribution in [0.5, 0.6) is 0 Å². The van der Waals surface area contributed by atoms with E-state index in [0.717, 1.165) is 28.9 Å². The average Bonchev–Trinajstić information content (AvgIpc) is 2.41. The summed E-state index contributed by atoms with van der Waals surface area (Å²) in [6, 6.07) is 8.31. The van der Waals surface area contributed by atoms with E-state index >= 15 is 0 Å². The summed E-state index contributed by atoms with van der Waals surface area (Å²) >= 11 is 3.50. The van der Waals surface area contributed by atoms with Crippen LogP contribution < -0.4 is 10.2 Å². The first kappa shape index (κ1) is 14.8. The topological polar surface area (TPSA) is 41.1 Å². The largest absolute Gasteiger partial charge is 0.355 e. The zero-order valence-corrected chi connectivity index (χ0v) is 13.6. The highest BCUT2D eigenvalue weighted by molar-refractivity contribution is 9.10. The van der Waals surface area contributed by atoms with Crippen LogP contribution >= 0.6 is 15.9 Å². The number of hydrogen-bond acceptors (Lipinski definition) is 4. The van der Waals surface area contributed by atoms with Gasteiger partial charge in [-0.15, -0.1) is 0 Å². The predicted molar refractivity (Wildman–Crippen MR) is 87.2 cm³/mol. The van der Waals surface area contributed by atoms with E-state index in [-0.39, 0.29) is 0 Å². The van der Waals surface area contributed by atoms with Crippen LogP contribution in [0, 0.1) is 6.92 Å². The number of aromatic nitrogens is 2. The molecule has 1 aromatic heterocycles. The molecule has 0 atom stereocenters. The summed E-state index contributed by atoms with van der Waals surface area (Å²) in [6.45, 7) is 5.69. The van der Waals surface area contributed by atoms with Crippen molar-refractivity contribution >= 4 is 27.7 Å². The maximum absolute atomic E-state index is 4.57. The summed E-state index contributed by atoms with van der Waals surface area (Å²) in [5, 5.41) is 3.15. The lowest BCUT2D eigenvalue weighted by Gasteiger charge is -2.20. The number of nitrogens with zero attached hydrogens (tertiary/aromatic N) is 3. The van der Waals surface area contributed by atoms with Crippen molar-refractivity contribution in [3.05, 3.63) is 46.1 Å². The van der Waals surface area contributed by atoms with Gasteiger partial charge in [-0.25, -0.2) is 4.98 Å². The van der Waals surface area contributed by atoms with E-state index in [9.17, 15) is 0 Å². The summed E-state index contributed by atoms with van der Waals surface area (Å²) in [5.74, 6) is 1.63. The third-order valence-electron chi connectivity index (χ3n) is 2.95. The molecule has 0 unspecified atom stereocenters. The van der Waals surface area contributed by atoms with Crippen LogP contribution in [-0.2, 0) is 6.54 Å². The van der Waals surface area contributed by atoms with Gasteiger partial charge in [-0.2, -0.15) is 4.98 Å². The van der Waals surface area contributed by atoms with Crippen molar-refractivity contribution in [2.24, 2.45) is 0 Å². The summed E-state index contributed by atoms with van der Waals surface area (Å²) < 4.78 is 1.09. The van der Waals surface area contributed by atoms with E-state index in [2.05, 4.69) is 48.2 Å². The number of rotatable bonds is 5. The Morgan fingerprint density at radius 2 is 2.15 bits per heavy atom. The lowest BCUT2D eigenvalue weighted by atomic mass is 10.2. The highest BCUT2D eigenvalue weighted by atomic mass is 79.9. The Morgan fingerprint density at radius 3 is 2.85 bits per heavy atom. The Bertz CT molecular complexity index is 586. The lowest BCUT2D eigenvalue weighted by Crippen LogP contribution is -2.20. The van der Waals surface area contributed by atoms with Gasteiger partial charge in [0.2, 0.25) is 5.95 Å². The smallest absolute Gasteiger partial charge is 0.224 e. The molecule has 0 bridgehead atoms. The molecule has 0 aliphatic rings. The quantitative estimate of drug-likeness (QED) is 0.906. The fourth-order valence-corrected chi connectivity index (χ4v) is 2.49. The second-order valence-corrected chi connectivity index (χ2v) is 5.63. The third-order valence-corrected chi connectivity index (χ3v) is 3.44. The van der Waals surface area contributed by atoms with E-state index in [4.69, 9.17) is 0 Å². The molecule has 0 radical (unpaired) electrons. The van der Waals surface area contributed by atoms with E-state index in [1.54, 1.807) is 0 Å². The zero-order chi connectivity index (χ0) is 14.5. The van der Waals surface area contributed by atoms with Crippen molar-refractivity contribution in [1.82, 2.24) is 9.97 Å². The molecule has 106 valence electrons. The highest BCUT2D eigenvalue weighted by Gasteiger charge is 2.09. The summed E-state index contributed by atoms with van der Waals surface area (Å²) in [5.41, 5.74) is 2.31. The fourth-order valence-electron chi connectivity index (χ4n) is 2.05. The van der Waals surface area contributed by atoms with Crippen LogP contribution in [0.15, 0.2) is 34.9 Å². The fraction of sp³-hybridized carbons (Fsp3) is 0.333. The minimum atomic E-state index is 0.675. The summed E-state index contributed by atoms with van der Waals surface area (Å²) in [6.07, 6.45) is 1.86. The molecule has 1 aromatic carbocycles. The average molecular weight is 335 g/mol. The second-order valence-electron chi connectivity index (χ2n) is 4.72. The monoisotopic (exact) mass is 334 g/mol. The minimum absolute atomic E-state index is 0.675. The molecule has 0 amide bonds. The Morgan fingerprint density at radius 1 is 1.35 bits per heavy atom. The molecule has 2 aromatic rings. The van der Waals surface area contributed by atoms with E-state index < -0.39 is 0 Å². The highest BCUT2D eigenvalue weighted by Crippen LogP contribution is 2.20. The summed E-state index contributed by atoms with van der Waals surface area (Å²) in [7, 11) is 2.05. The van der Waals surface area contributed by atoms with Crippen molar-refractivity contribution < 1.29 is 0 Å². The molecule has 5 heteroatoms. The van der Waals surface area contributed by atoms with Gasteiger partial charge in [-0.1, -0.05) is 28.1 Å². The molecule has 1 heterocycles. The van der Waals surface area contributed by atoms with Gasteiger partial charge < -0.3 is 10.2 Å². The van der Waals surface area contributed by atoms with Gasteiger partial charge in [0.25, 0.3) is 0 Å². The van der Waals surface area contributed by atoms with Crippen LogP contribution in [0.3, 0.4) is 0 Å². The molecule has 0 aliphatic carbocycles. The molecular weight excluding hydrogens is 316 g/mol. The van der Waals surface area contributed by atoms with Crippen LogP contribution in [0.4, 0.5) is 11.8 Å². The Balaban J connectivity index is 2.19. The first-order chi connectivity index (χ1) is 9.60. The lowest BCUT2D eigenvalue weighted by molar-refractivity contribution is 0.881. The van der Waals surface area contributed by atoms with Gasteiger partial charge in [0.15, 0.2) is 0 Å². The number of nitrogens with one attached hydrogen (secondary N) is 1. The van der Waals surface area contributed by atoms with Gasteiger partial charge in [0.05, 0.1) is 0 Å². The second kappa shape index (κ2) is 6.70. The van der Waals surface area contributed by atoms with Crippen molar-refractivity contribution in [3.8, 4) is 0 Å². The molecule has 20 heavy (non-hydrogen) atoms. The first-order valence-corrected chi connectivity index (χ1v) is 7.42. The molecule has 1 N–H and O–H groups in total. The van der Waals surface area contributed by atoms with Gasteiger partial charge in [-0.05, 0) is 31.5 Å². The molecule has 0 fully saturated rings. The van der Waals surface area contributed by atoms with Crippen molar-refractivity contribution in [3.63, 3.8) is 0 Å². The summed E-state index contributed by atoms with van der Waals surface area (Å²) in [4.78, 5) is 11.0. The molecular formula is C15H19BrN4. The van der Waals surface area contributed by atoms with Crippen LogP contribution in [-0.4, -0.2) is 23.6 Å². The number of hydrogen-bond donors (Lipinski definition) is 1. The Kier molecular flexibility index (Phi) is 4.95. The number of aryl methyl sites for hydroxylation is 1. The molecule has 2 rings (SSSR count). The standard InChI is InChI=1S/C15H19BrN4/c1-4-17-15-18-9-11(2)14(19-15)20(3)10-12-6-5-7-13(16)8-12/h5-9H,4,10H2,1-3H3,(H,17,18,19). The number of halogens is 1. The Hall–Kier alpha value is -1.62. The van der Waals surface area contributed by atoms with E-state index in [0.29, 0.717) is 5.95 Å². The maximum atomic E-state index is 4.57. The third kappa shape index (κ3) is 3.70. The van der Waals surface area contributed by atoms with E-state index in [1.165, 1.54) is 5.56 Å². The zero-order valence-electron chi connectivity index (χ0n) is 12.0. The first-order valence-electron chi connectivity index (χ1n) is 6.63. The Labute approximate surface area is 128 Å². The molecule has 0 spiro atoms. The molecule has 0 saturated heterocycles. The predicted octanol–water partition coefficient (Wildman–Crippen LogP) is 3.62. The molecule has 0 aliphatic heterocycles. The van der Waals surface area contributed by atoms with Gasteiger partial charge in [0, 0.05) is 36.4 Å². The van der Waals surface area contributed by atoms with E-state index in [1.807, 2.05) is 39.2 Å².